The number of nitrogens with one attached hydrogen (secondary N) is 2. The van der Waals surface area contributed by atoms with Crippen LogP contribution in [0.25, 0.3) is 88.1 Å². The first kappa shape index (κ1) is 86.4. The van der Waals surface area contributed by atoms with E-state index in [-0.39, 0.29) is 105 Å². The maximum atomic E-state index is 13.1. The van der Waals surface area contributed by atoms with Crippen LogP contribution in [0.15, 0.2) is 240 Å². The number of hydrogen-bond donors (Lipinski definition) is 4. The van der Waals surface area contributed by atoms with Gasteiger partial charge in [0, 0.05) is 110 Å². The molecule has 17 rings (SSSR count). The van der Waals surface area contributed by atoms with Crippen LogP contribution in [0.5, 0.6) is 0 Å². The van der Waals surface area contributed by atoms with Crippen molar-refractivity contribution in [2.45, 2.75) is 98.5 Å². The number of carbonyl (C=O) groups excluding carboxylic acids is 5. The van der Waals surface area contributed by atoms with E-state index in [0.29, 0.717) is 75.5 Å². The molecule has 1 unspecified atom stereocenters. The van der Waals surface area contributed by atoms with Crippen molar-refractivity contribution >= 4 is 125 Å². The van der Waals surface area contributed by atoms with E-state index in [9.17, 15) is 43.2 Å². The summed E-state index contributed by atoms with van der Waals surface area (Å²) < 4.78 is 11.4. The Morgan fingerprint density at radius 2 is 0.685 bits per heavy atom. The SMILES string of the molecule is Cc1ccc(-c2csc(Cn3nc(CC(=O)NCCC(N)=O)c4ccccc4c3=O)n2)cc1.Cc1ccc(-c2csc(Cn3nc(CC(=O)NCCC(N)=O)c4ccccc4c3=O)n2)cc1.Cc1ccc(-c2csc(Cn3nc(CC4CN=CCO4)c4ccccc4c3=O)n2)cc1.Cc1ccc(-c2csc(Cn3nc(CC=O)c4ccccc4c3=O)n2)cc1. The van der Waals surface area contributed by atoms with Crippen LogP contribution in [-0.4, -0.2) is 128 Å². The largest absolute Gasteiger partial charge is 0.370 e. The van der Waals surface area contributed by atoms with Crippen molar-refractivity contribution in [2.24, 2.45) is 16.5 Å². The lowest BCUT2D eigenvalue weighted by atomic mass is 10.1. The van der Waals surface area contributed by atoms with Gasteiger partial charge in [-0.15, -0.1) is 45.3 Å². The van der Waals surface area contributed by atoms with E-state index in [4.69, 9.17) is 26.3 Å². The van der Waals surface area contributed by atoms with Gasteiger partial charge in [-0.2, -0.15) is 20.4 Å². The highest BCUT2D eigenvalue weighted by Crippen LogP contribution is 2.29. The lowest BCUT2D eigenvalue weighted by molar-refractivity contribution is -0.122. The molecule has 16 aromatic rings. The summed E-state index contributed by atoms with van der Waals surface area (Å²) in [5.74, 6) is -1.56. The van der Waals surface area contributed by atoms with Crippen molar-refractivity contribution in [1.29, 1.82) is 0 Å². The molecule has 0 fully saturated rings. The molecular formula is C93H85N17O10S4. The first-order valence-electron chi connectivity index (χ1n) is 39.8. The van der Waals surface area contributed by atoms with E-state index in [2.05, 4.69) is 89.2 Å². The third-order valence-corrected chi connectivity index (χ3v) is 23.4. The normalized spacial score (nSPS) is 12.2. The number of benzene rings is 8. The fourth-order valence-electron chi connectivity index (χ4n) is 13.7. The zero-order valence-corrected chi connectivity index (χ0v) is 71.4. The van der Waals surface area contributed by atoms with Crippen molar-refractivity contribution < 1.29 is 28.7 Å². The first-order chi connectivity index (χ1) is 60.1. The van der Waals surface area contributed by atoms with Crippen molar-refractivity contribution in [2.75, 3.05) is 26.2 Å². The number of aliphatic imine (C=N–C) groups is 1. The van der Waals surface area contributed by atoms with Crippen LogP contribution < -0.4 is 44.3 Å². The average molecular weight is 1730 g/mol. The predicted octanol–water partition coefficient (Wildman–Crippen LogP) is 12.3. The quantitative estimate of drug-likeness (QED) is 0.0366. The number of carbonyl (C=O) groups is 5. The summed E-state index contributed by atoms with van der Waals surface area (Å²) in [6, 6.07) is 61.7. The number of amides is 4. The van der Waals surface area contributed by atoms with Crippen LogP contribution >= 0.6 is 45.3 Å². The molecule has 124 heavy (non-hydrogen) atoms. The Labute approximate surface area is 726 Å². The second-order valence-corrected chi connectivity index (χ2v) is 33.1. The molecule has 0 saturated carbocycles. The van der Waals surface area contributed by atoms with Gasteiger partial charge in [0.05, 0.1) is 125 Å². The lowest BCUT2D eigenvalue weighted by Gasteiger charge is -2.19. The molecule has 8 aromatic carbocycles. The molecule has 0 radical (unpaired) electrons. The highest BCUT2D eigenvalue weighted by molar-refractivity contribution is 7.10. The minimum atomic E-state index is -0.485. The van der Waals surface area contributed by atoms with Crippen LogP contribution in [0, 0.1) is 27.7 Å². The van der Waals surface area contributed by atoms with E-state index >= 15 is 0 Å². The summed E-state index contributed by atoms with van der Waals surface area (Å²) in [6.45, 7) is 10.7. The molecule has 0 saturated heterocycles. The number of aldehydes is 1. The average Bonchev–Trinajstić information content (AvgIpc) is 1.09. The summed E-state index contributed by atoms with van der Waals surface area (Å²) in [5, 5.41) is 39.6. The van der Waals surface area contributed by atoms with Gasteiger partial charge in [0.25, 0.3) is 22.2 Å². The Morgan fingerprint density at radius 3 is 0.976 bits per heavy atom. The molecule has 1 aliphatic rings. The zero-order valence-electron chi connectivity index (χ0n) is 68.1. The van der Waals surface area contributed by atoms with E-state index < -0.39 is 11.8 Å². The van der Waals surface area contributed by atoms with E-state index in [1.165, 1.54) is 75.0 Å². The van der Waals surface area contributed by atoms with Crippen LogP contribution in [0.1, 0.15) is 77.9 Å². The number of nitrogens with zero attached hydrogens (tertiary/aromatic N) is 13. The van der Waals surface area contributed by atoms with Crippen molar-refractivity contribution in [3.05, 3.63) is 322 Å². The van der Waals surface area contributed by atoms with Crippen molar-refractivity contribution in [1.82, 2.24) is 69.7 Å². The number of primary amides is 2. The predicted molar refractivity (Wildman–Crippen MR) is 487 cm³/mol. The van der Waals surface area contributed by atoms with Gasteiger partial charge in [-0.1, -0.05) is 192 Å². The topological polar surface area (TPSA) is 374 Å². The smallest absolute Gasteiger partial charge is 0.275 e. The minimum Gasteiger partial charge on any atom is -0.370 e. The maximum absolute atomic E-state index is 13.1. The Bertz CT molecular complexity index is 6660. The number of hydrogen-bond acceptors (Lipinski definition) is 23. The van der Waals surface area contributed by atoms with E-state index in [1.54, 1.807) is 72.1 Å². The van der Waals surface area contributed by atoms with Crippen LogP contribution in [0.4, 0.5) is 0 Å². The molecule has 31 heteroatoms. The molecule has 4 amide bonds. The highest BCUT2D eigenvalue weighted by atomic mass is 32.1. The fraction of sp³-hybridized carbons (Fsp3) is 0.204. The number of aryl methyl sites for hydroxylation is 4. The third kappa shape index (κ3) is 22.0. The minimum absolute atomic E-state index is 0.0218. The van der Waals surface area contributed by atoms with Crippen LogP contribution in [0.2, 0.25) is 0 Å². The summed E-state index contributed by atoms with van der Waals surface area (Å²) in [7, 11) is 0. The summed E-state index contributed by atoms with van der Waals surface area (Å²) in [4.78, 5) is 133. The molecule has 0 bridgehead atoms. The molecule has 1 aliphatic heterocycles. The van der Waals surface area contributed by atoms with Gasteiger partial charge >= 0.3 is 0 Å². The monoisotopic (exact) mass is 1730 g/mol. The van der Waals surface area contributed by atoms with Crippen molar-refractivity contribution in [3.8, 4) is 45.0 Å². The maximum Gasteiger partial charge on any atom is 0.275 e. The van der Waals surface area contributed by atoms with Gasteiger partial charge in [0.15, 0.2) is 0 Å². The van der Waals surface area contributed by atoms with Gasteiger partial charge in [-0.3, -0.25) is 43.3 Å². The number of rotatable bonds is 26. The Balaban J connectivity index is 0.000000135. The fourth-order valence-corrected chi connectivity index (χ4v) is 16.8. The molecule has 8 aromatic heterocycles. The van der Waals surface area contributed by atoms with Gasteiger partial charge in [0.2, 0.25) is 23.6 Å². The zero-order chi connectivity index (χ0) is 86.8. The number of ether oxygens (including phenoxy) is 1. The molecule has 1 atom stereocenters. The molecule has 626 valence electrons. The van der Waals surface area contributed by atoms with Gasteiger partial charge in [-0.05, 0) is 52.0 Å². The Morgan fingerprint density at radius 1 is 0.403 bits per heavy atom. The van der Waals surface area contributed by atoms with Crippen LogP contribution in [0.3, 0.4) is 0 Å². The molecule has 27 nitrogen and oxygen atoms in total. The molecular weight excluding hydrogens is 1640 g/mol. The van der Waals surface area contributed by atoms with Gasteiger partial charge in [-0.25, -0.2) is 38.7 Å². The second kappa shape index (κ2) is 40.6. The van der Waals surface area contributed by atoms with E-state index in [0.717, 1.165) is 87.8 Å². The number of nitrogens with two attached hydrogens (primary N) is 2. The van der Waals surface area contributed by atoms with E-state index in [1.807, 2.05) is 145 Å². The van der Waals surface area contributed by atoms with Crippen molar-refractivity contribution in [3.63, 3.8) is 0 Å². The Hall–Kier alpha value is -14.0. The van der Waals surface area contributed by atoms with Gasteiger partial charge in [0.1, 0.15) is 26.3 Å². The molecule has 6 N–H and O–H groups in total. The third-order valence-electron chi connectivity index (χ3n) is 20.1. The molecule has 0 spiro atoms. The number of thiazole rings is 4. The second-order valence-electron chi connectivity index (χ2n) is 29.4. The number of fused-ring (bicyclic) bond motifs is 4. The first-order valence-corrected chi connectivity index (χ1v) is 43.3. The summed E-state index contributed by atoms with van der Waals surface area (Å²) >= 11 is 5.96. The Kier molecular flexibility index (Phi) is 28.3. The molecule has 0 aliphatic carbocycles. The summed E-state index contributed by atoms with van der Waals surface area (Å²) in [5.41, 5.74) is 24.3. The standard InChI is InChI=1S/2C24H23N5O3S.C24H22N4O2S.C21H17N3O2S/c2*1-15-6-8-16(9-7-15)20-14-33-23(27-20)13-29-24(32)18-5-3-2-4-17(18)19(28-29)12-22(31)26-11-10-21(25)30;1-16-6-8-17(9-7-16)22-15-31-23(26-22)14-28-24(29)20-5-3-2-4-19(20)21(27-28)12-18-13-25-10-11-30-18;1-14-6-8-15(9-7-14)19-13-27-20(22-19)12-24-21(26)17-5-3-2-4-16(17)18(23-24)10-11-25/h2*2-9,14H,10-13H2,1H3,(H2,25,30)(H,26,31);2-10,15,18H,11-14H2,1H3;2-9,11,13H,10,12H2,1H3. The van der Waals surface area contributed by atoms with Crippen LogP contribution in [-0.2, 0) is 80.6 Å². The molecule has 9 heterocycles. The summed E-state index contributed by atoms with van der Waals surface area (Å²) in [6.07, 6.45) is 3.44. The highest BCUT2D eigenvalue weighted by Gasteiger charge is 2.22. The lowest BCUT2D eigenvalue weighted by Crippen LogP contribution is -2.31. The van der Waals surface area contributed by atoms with Gasteiger partial charge < -0.3 is 31.6 Å². The number of aromatic nitrogens is 12.